The van der Waals surface area contributed by atoms with E-state index in [0.29, 0.717) is 0 Å². The van der Waals surface area contributed by atoms with Crippen LogP contribution < -0.4 is 0 Å². The molecule has 0 saturated heterocycles. The fraction of sp³-hybridized carbons (Fsp3) is 0.444. The Labute approximate surface area is 89.7 Å². The molecule has 72 valence electrons. The molecule has 0 bridgehead atoms. The van der Waals surface area contributed by atoms with Gasteiger partial charge in [-0.1, -0.05) is 0 Å². The van der Waals surface area contributed by atoms with Crippen molar-refractivity contribution < 1.29 is 9.90 Å². The van der Waals surface area contributed by atoms with Crippen LogP contribution in [0, 0.1) is 13.8 Å². The van der Waals surface area contributed by atoms with E-state index >= 15 is 0 Å². The van der Waals surface area contributed by atoms with Crippen molar-refractivity contribution in [3.63, 3.8) is 0 Å². The third-order valence-corrected chi connectivity index (χ3v) is 4.36. The molecule has 0 aliphatic carbocycles. The second kappa shape index (κ2) is 3.80. The molecule has 0 saturated carbocycles. The first kappa shape index (κ1) is 10.7. The first-order chi connectivity index (χ1) is 5.95. The summed E-state index contributed by atoms with van der Waals surface area (Å²) in [6, 6.07) is 0. The van der Waals surface area contributed by atoms with Crippen LogP contribution in [-0.4, -0.2) is 11.1 Å². The minimum absolute atomic E-state index is 0.431. The Hall–Kier alpha value is -0.350. The number of carboxylic acid groups (broad SMARTS) is 1. The summed E-state index contributed by atoms with van der Waals surface area (Å²) in [5.41, 5.74) is 0.912. The first-order valence-corrected chi connectivity index (χ1v) is 5.54. The van der Waals surface area contributed by atoms with Crippen molar-refractivity contribution in [2.45, 2.75) is 26.7 Å². The quantitative estimate of drug-likeness (QED) is 0.888. The van der Waals surface area contributed by atoms with Gasteiger partial charge in [0.15, 0.2) is 0 Å². The van der Waals surface area contributed by atoms with Crippen molar-refractivity contribution in [2.75, 3.05) is 0 Å². The second-order valence-electron chi connectivity index (χ2n) is 3.00. The van der Waals surface area contributed by atoms with Crippen LogP contribution in [0.4, 0.5) is 0 Å². The second-order valence-corrected chi connectivity index (χ2v) is 5.22. The van der Waals surface area contributed by atoms with Gasteiger partial charge < -0.3 is 5.11 Å². The van der Waals surface area contributed by atoms with Gasteiger partial charge in [0.05, 0.1) is 5.92 Å². The topological polar surface area (TPSA) is 37.3 Å². The number of thiophene rings is 1. The van der Waals surface area contributed by atoms with Crippen LogP contribution in [0.25, 0.3) is 0 Å². The van der Waals surface area contributed by atoms with Gasteiger partial charge in [0, 0.05) is 14.2 Å². The number of halogens is 1. The average molecular weight is 263 g/mol. The van der Waals surface area contributed by atoms with Gasteiger partial charge in [0.25, 0.3) is 0 Å². The number of rotatable bonds is 2. The molecule has 1 rings (SSSR count). The van der Waals surface area contributed by atoms with Gasteiger partial charge in [0.1, 0.15) is 0 Å². The third kappa shape index (κ3) is 1.94. The van der Waals surface area contributed by atoms with Crippen molar-refractivity contribution in [3.8, 4) is 0 Å². The van der Waals surface area contributed by atoms with Crippen molar-refractivity contribution in [1.29, 1.82) is 0 Å². The van der Waals surface area contributed by atoms with E-state index in [1.165, 1.54) is 0 Å². The number of carboxylic acids is 1. The summed E-state index contributed by atoms with van der Waals surface area (Å²) < 4.78 is 0.949. The van der Waals surface area contributed by atoms with E-state index in [-0.39, 0.29) is 0 Å². The number of aryl methyl sites for hydroxylation is 2. The average Bonchev–Trinajstić information content (AvgIpc) is 2.26. The Bertz CT molecular complexity index is 344. The molecule has 1 aromatic rings. The normalized spacial score (nSPS) is 12.9. The van der Waals surface area contributed by atoms with Crippen LogP contribution in [0.1, 0.15) is 28.2 Å². The summed E-state index contributed by atoms with van der Waals surface area (Å²) in [5, 5.41) is 8.88. The first-order valence-electron chi connectivity index (χ1n) is 3.93. The van der Waals surface area contributed by atoms with Crippen molar-refractivity contribution >= 4 is 33.2 Å². The lowest BCUT2D eigenvalue weighted by molar-refractivity contribution is -0.138. The number of hydrogen-bond acceptors (Lipinski definition) is 2. The zero-order chi connectivity index (χ0) is 10.2. The van der Waals surface area contributed by atoms with Gasteiger partial charge in [-0.3, -0.25) is 4.79 Å². The lowest BCUT2D eigenvalue weighted by atomic mass is 10.0. The highest BCUT2D eigenvalue weighted by Gasteiger charge is 2.21. The molecule has 0 amide bonds. The summed E-state index contributed by atoms with van der Waals surface area (Å²) in [7, 11) is 0. The van der Waals surface area contributed by atoms with Crippen LogP contribution in [0.5, 0.6) is 0 Å². The van der Waals surface area contributed by atoms with Crippen molar-refractivity contribution in [2.24, 2.45) is 0 Å². The largest absolute Gasteiger partial charge is 0.481 e. The molecule has 13 heavy (non-hydrogen) atoms. The molecule has 0 aliphatic heterocycles. The number of hydrogen-bond donors (Lipinski definition) is 1. The monoisotopic (exact) mass is 262 g/mol. The molecule has 0 fully saturated rings. The van der Waals surface area contributed by atoms with E-state index < -0.39 is 11.9 Å². The van der Waals surface area contributed by atoms with E-state index in [2.05, 4.69) is 15.9 Å². The van der Waals surface area contributed by atoms with Gasteiger partial charge in [-0.05, 0) is 42.3 Å². The van der Waals surface area contributed by atoms with E-state index in [9.17, 15) is 4.79 Å². The molecular weight excluding hydrogens is 252 g/mol. The van der Waals surface area contributed by atoms with Crippen molar-refractivity contribution in [1.82, 2.24) is 0 Å². The molecule has 0 aliphatic rings. The minimum atomic E-state index is -0.776. The van der Waals surface area contributed by atoms with E-state index in [1.807, 2.05) is 13.8 Å². The Morgan fingerprint density at radius 1 is 1.46 bits per heavy atom. The van der Waals surface area contributed by atoms with Crippen LogP contribution in [-0.2, 0) is 4.79 Å². The number of carbonyl (C=O) groups is 1. The Morgan fingerprint density at radius 2 is 2.00 bits per heavy atom. The molecule has 2 nitrogen and oxygen atoms in total. The summed E-state index contributed by atoms with van der Waals surface area (Å²) >= 11 is 5.05. The predicted octanol–water partition coefficient (Wildman–Crippen LogP) is 3.32. The van der Waals surface area contributed by atoms with Crippen LogP contribution >= 0.6 is 27.3 Å². The standard InChI is InChI=1S/C9H11BrO2S/c1-4(9(11)12)7-5(2)13-6(3)8(7)10/h4H,1-3H3,(H,11,12). The van der Waals surface area contributed by atoms with Crippen LogP contribution in [0.2, 0.25) is 0 Å². The maximum atomic E-state index is 10.8. The van der Waals surface area contributed by atoms with Gasteiger partial charge >= 0.3 is 5.97 Å². The van der Waals surface area contributed by atoms with Crippen molar-refractivity contribution in [3.05, 3.63) is 19.8 Å². The predicted molar refractivity (Wildman–Crippen MR) is 57.5 cm³/mol. The fourth-order valence-corrected chi connectivity index (χ4v) is 3.35. The zero-order valence-corrected chi connectivity index (χ0v) is 10.1. The smallest absolute Gasteiger partial charge is 0.310 e. The van der Waals surface area contributed by atoms with Crippen LogP contribution in [0.3, 0.4) is 0 Å². The summed E-state index contributed by atoms with van der Waals surface area (Å²) in [5.74, 6) is -1.21. The summed E-state index contributed by atoms with van der Waals surface area (Å²) in [6.45, 7) is 5.65. The maximum absolute atomic E-state index is 10.8. The lowest BCUT2D eigenvalue weighted by Gasteiger charge is -2.06. The highest BCUT2D eigenvalue weighted by atomic mass is 79.9. The molecule has 0 aromatic carbocycles. The van der Waals surface area contributed by atoms with E-state index in [0.717, 1.165) is 19.8 Å². The highest BCUT2D eigenvalue weighted by molar-refractivity contribution is 9.10. The van der Waals surface area contributed by atoms with Gasteiger partial charge in [-0.25, -0.2) is 0 Å². The minimum Gasteiger partial charge on any atom is -0.481 e. The Balaban J connectivity index is 3.20. The molecule has 4 heteroatoms. The van der Waals surface area contributed by atoms with E-state index in [1.54, 1.807) is 18.3 Å². The van der Waals surface area contributed by atoms with E-state index in [4.69, 9.17) is 5.11 Å². The molecule has 1 atom stereocenters. The molecular formula is C9H11BrO2S. The lowest BCUT2D eigenvalue weighted by Crippen LogP contribution is -2.07. The highest BCUT2D eigenvalue weighted by Crippen LogP contribution is 2.36. The Kier molecular flexibility index (Phi) is 3.14. The van der Waals surface area contributed by atoms with Gasteiger partial charge in [-0.15, -0.1) is 11.3 Å². The SMILES string of the molecule is Cc1sc(C)c(C(C)C(=O)O)c1Br. The van der Waals surface area contributed by atoms with Crippen LogP contribution in [0.15, 0.2) is 4.47 Å². The molecule has 1 heterocycles. The van der Waals surface area contributed by atoms with Gasteiger partial charge in [0.2, 0.25) is 0 Å². The molecule has 1 N–H and O–H groups in total. The summed E-state index contributed by atoms with van der Waals surface area (Å²) in [4.78, 5) is 13.0. The molecule has 0 radical (unpaired) electrons. The van der Waals surface area contributed by atoms with Gasteiger partial charge in [-0.2, -0.15) is 0 Å². The third-order valence-electron chi connectivity index (χ3n) is 2.03. The summed E-state index contributed by atoms with van der Waals surface area (Å²) in [6.07, 6.45) is 0. The molecule has 1 aromatic heterocycles. The number of aliphatic carboxylic acids is 1. The zero-order valence-electron chi connectivity index (χ0n) is 7.72. The maximum Gasteiger partial charge on any atom is 0.310 e. The molecule has 1 unspecified atom stereocenters. The fourth-order valence-electron chi connectivity index (χ4n) is 1.29. The molecule has 0 spiro atoms. The Morgan fingerprint density at radius 3 is 2.31 bits per heavy atom.